The molecule has 7 heteroatoms. The van der Waals surface area contributed by atoms with Gasteiger partial charge >= 0.3 is 0 Å². The van der Waals surface area contributed by atoms with Gasteiger partial charge in [-0.15, -0.1) is 10.2 Å². The van der Waals surface area contributed by atoms with Crippen LogP contribution in [0.25, 0.3) is 22.2 Å². The van der Waals surface area contributed by atoms with Crippen LogP contribution in [0.3, 0.4) is 0 Å². The van der Waals surface area contributed by atoms with Crippen molar-refractivity contribution >= 4 is 16.5 Å². The number of nitrogens with zero attached hydrogens (tertiary/aromatic N) is 3. The van der Waals surface area contributed by atoms with Gasteiger partial charge in [-0.2, -0.15) is 0 Å². The first-order chi connectivity index (χ1) is 8.72. The Labute approximate surface area is 105 Å². The van der Waals surface area contributed by atoms with Gasteiger partial charge in [-0.25, -0.2) is 9.37 Å². The smallest absolute Gasteiger partial charge is 0.259 e. The number of aromatic nitrogens is 3. The summed E-state index contributed by atoms with van der Waals surface area (Å²) in [5.41, 5.74) is 6.19. The quantitative estimate of drug-likeness (QED) is 0.768. The van der Waals surface area contributed by atoms with E-state index in [1.165, 1.54) is 23.5 Å². The van der Waals surface area contributed by atoms with Gasteiger partial charge in [0.2, 0.25) is 5.89 Å². The molecule has 0 unspecified atom stereocenters. The zero-order chi connectivity index (χ0) is 12.5. The molecule has 0 amide bonds. The second-order valence-corrected chi connectivity index (χ2v) is 4.54. The molecule has 0 saturated carbocycles. The second-order valence-electron chi connectivity index (χ2n) is 3.48. The van der Waals surface area contributed by atoms with Crippen LogP contribution in [0, 0.1) is 5.82 Å². The number of rotatable bonds is 2. The highest BCUT2D eigenvalue weighted by Crippen LogP contribution is 2.28. The van der Waals surface area contributed by atoms with Crippen molar-refractivity contribution in [3.05, 3.63) is 36.3 Å². The summed E-state index contributed by atoms with van der Waals surface area (Å²) in [6.07, 6.45) is 1.57. The minimum atomic E-state index is -0.311. The van der Waals surface area contributed by atoms with Crippen LogP contribution in [0.4, 0.5) is 9.52 Å². The molecule has 0 fully saturated rings. The minimum Gasteiger partial charge on any atom is -0.415 e. The highest BCUT2D eigenvalue weighted by atomic mass is 32.1. The maximum absolute atomic E-state index is 12.8. The van der Waals surface area contributed by atoms with Crippen LogP contribution in [-0.2, 0) is 0 Å². The Hall–Kier alpha value is -2.28. The summed E-state index contributed by atoms with van der Waals surface area (Å²) in [7, 11) is 0. The van der Waals surface area contributed by atoms with Gasteiger partial charge in [-0.1, -0.05) is 11.3 Å². The third kappa shape index (κ3) is 1.95. The Morgan fingerprint density at radius 3 is 2.50 bits per heavy atom. The first-order valence-corrected chi connectivity index (χ1v) is 5.85. The topological polar surface area (TPSA) is 77.8 Å². The number of anilines is 1. The van der Waals surface area contributed by atoms with E-state index < -0.39 is 0 Å². The highest BCUT2D eigenvalue weighted by molar-refractivity contribution is 7.18. The monoisotopic (exact) mass is 262 g/mol. The number of benzene rings is 1. The molecule has 0 spiro atoms. The third-order valence-electron chi connectivity index (χ3n) is 2.25. The molecule has 0 radical (unpaired) electrons. The average molecular weight is 262 g/mol. The molecular weight excluding hydrogens is 255 g/mol. The number of nitrogen functional groups attached to an aromatic ring is 1. The van der Waals surface area contributed by atoms with Crippen molar-refractivity contribution in [2.75, 3.05) is 5.73 Å². The average Bonchev–Trinajstić information content (AvgIpc) is 2.98. The number of thiazole rings is 1. The predicted molar refractivity (Wildman–Crippen MR) is 65.2 cm³/mol. The van der Waals surface area contributed by atoms with Crippen molar-refractivity contribution in [3.8, 4) is 22.2 Å². The van der Waals surface area contributed by atoms with Crippen LogP contribution in [0.15, 0.2) is 34.9 Å². The van der Waals surface area contributed by atoms with Crippen molar-refractivity contribution in [3.63, 3.8) is 0 Å². The van der Waals surface area contributed by atoms with E-state index in [2.05, 4.69) is 15.2 Å². The van der Waals surface area contributed by atoms with Gasteiger partial charge in [-0.05, 0) is 24.3 Å². The highest BCUT2D eigenvalue weighted by Gasteiger charge is 2.12. The fourth-order valence-electron chi connectivity index (χ4n) is 1.42. The van der Waals surface area contributed by atoms with E-state index >= 15 is 0 Å². The lowest BCUT2D eigenvalue weighted by molar-refractivity contribution is 0.585. The van der Waals surface area contributed by atoms with Crippen LogP contribution < -0.4 is 5.73 Å². The van der Waals surface area contributed by atoms with Crippen molar-refractivity contribution in [1.82, 2.24) is 15.2 Å². The van der Waals surface area contributed by atoms with E-state index in [0.717, 1.165) is 0 Å². The first-order valence-electron chi connectivity index (χ1n) is 5.03. The summed E-state index contributed by atoms with van der Waals surface area (Å²) in [4.78, 5) is 4.61. The fourth-order valence-corrected chi connectivity index (χ4v) is 2.02. The zero-order valence-electron chi connectivity index (χ0n) is 9.00. The molecule has 0 aliphatic carbocycles. The van der Waals surface area contributed by atoms with Crippen LogP contribution in [-0.4, -0.2) is 15.2 Å². The lowest BCUT2D eigenvalue weighted by Gasteiger charge is -1.93. The second kappa shape index (κ2) is 4.19. The number of hydrogen-bond acceptors (Lipinski definition) is 6. The van der Waals surface area contributed by atoms with E-state index in [9.17, 15) is 4.39 Å². The van der Waals surface area contributed by atoms with Gasteiger partial charge in [-0.3, -0.25) is 0 Å². The van der Waals surface area contributed by atoms with E-state index in [4.69, 9.17) is 10.2 Å². The number of hydrogen-bond donors (Lipinski definition) is 1. The van der Waals surface area contributed by atoms with Gasteiger partial charge in [0.1, 0.15) is 10.7 Å². The Bertz CT molecular complexity index is 676. The van der Waals surface area contributed by atoms with Gasteiger partial charge in [0, 0.05) is 5.56 Å². The van der Waals surface area contributed by atoms with Gasteiger partial charge in [0.05, 0.1) is 6.20 Å². The molecule has 1 aromatic carbocycles. The van der Waals surface area contributed by atoms with Crippen LogP contribution in [0.2, 0.25) is 0 Å². The molecule has 3 rings (SSSR count). The maximum atomic E-state index is 12.8. The SMILES string of the molecule is Nc1ncc(-c2nnc(-c3ccc(F)cc3)o2)s1. The Kier molecular flexibility index (Phi) is 2.52. The first kappa shape index (κ1) is 10.8. The molecule has 3 aromatic rings. The number of halogens is 1. The summed E-state index contributed by atoms with van der Waals surface area (Å²) in [6, 6.07) is 5.83. The summed E-state index contributed by atoms with van der Waals surface area (Å²) in [6.45, 7) is 0. The van der Waals surface area contributed by atoms with Crippen molar-refractivity contribution in [2.24, 2.45) is 0 Å². The maximum Gasteiger partial charge on any atom is 0.259 e. The Morgan fingerprint density at radius 2 is 1.83 bits per heavy atom. The molecule has 18 heavy (non-hydrogen) atoms. The lowest BCUT2D eigenvalue weighted by atomic mass is 10.2. The molecule has 0 aliphatic heterocycles. The fraction of sp³-hybridized carbons (Fsp3) is 0. The Balaban J connectivity index is 1.96. The third-order valence-corrected chi connectivity index (χ3v) is 3.07. The van der Waals surface area contributed by atoms with Gasteiger partial charge in [0.25, 0.3) is 5.89 Å². The van der Waals surface area contributed by atoms with E-state index in [1.807, 2.05) is 0 Å². The molecule has 90 valence electrons. The standard InChI is InChI=1S/C11H7FN4OS/c12-7-3-1-6(2-4-7)9-15-16-10(17-9)8-5-14-11(13)18-8/h1-5H,(H2,13,14). The Morgan fingerprint density at radius 1 is 1.11 bits per heavy atom. The van der Waals surface area contributed by atoms with E-state index in [-0.39, 0.29) is 5.82 Å². The van der Waals surface area contributed by atoms with Gasteiger partial charge in [0.15, 0.2) is 5.13 Å². The molecule has 2 heterocycles. The summed E-state index contributed by atoms with van der Waals surface area (Å²) >= 11 is 1.26. The molecule has 2 N–H and O–H groups in total. The van der Waals surface area contributed by atoms with Crippen molar-refractivity contribution < 1.29 is 8.81 Å². The summed E-state index contributed by atoms with van der Waals surface area (Å²) < 4.78 is 18.3. The van der Waals surface area contributed by atoms with Crippen LogP contribution in [0.5, 0.6) is 0 Å². The molecule has 0 bridgehead atoms. The molecule has 0 aliphatic rings. The minimum absolute atomic E-state index is 0.311. The largest absolute Gasteiger partial charge is 0.415 e. The molecule has 2 aromatic heterocycles. The molecule has 0 atom stereocenters. The van der Waals surface area contributed by atoms with E-state index in [0.29, 0.717) is 27.4 Å². The van der Waals surface area contributed by atoms with Crippen LogP contribution in [0.1, 0.15) is 0 Å². The van der Waals surface area contributed by atoms with E-state index in [1.54, 1.807) is 18.3 Å². The predicted octanol–water partition coefficient (Wildman–Crippen LogP) is 2.58. The summed E-state index contributed by atoms with van der Waals surface area (Å²) in [5.74, 6) is 0.370. The molecule has 0 saturated heterocycles. The molecule has 5 nitrogen and oxygen atoms in total. The van der Waals surface area contributed by atoms with Crippen molar-refractivity contribution in [2.45, 2.75) is 0 Å². The van der Waals surface area contributed by atoms with Crippen molar-refractivity contribution in [1.29, 1.82) is 0 Å². The lowest BCUT2D eigenvalue weighted by Crippen LogP contribution is -1.78. The van der Waals surface area contributed by atoms with Crippen LogP contribution >= 0.6 is 11.3 Å². The number of nitrogens with two attached hydrogens (primary N) is 1. The molecular formula is C11H7FN4OS. The normalized spacial score (nSPS) is 10.7. The summed E-state index contributed by atoms with van der Waals surface area (Å²) in [5, 5.41) is 8.24. The van der Waals surface area contributed by atoms with Gasteiger partial charge < -0.3 is 10.2 Å². The zero-order valence-corrected chi connectivity index (χ0v) is 9.82.